The second kappa shape index (κ2) is 5.73. The number of hydrogen-bond donors (Lipinski definition) is 1. The van der Waals surface area contributed by atoms with Gasteiger partial charge in [0.1, 0.15) is 11.3 Å². The SMILES string of the molecule is CNC(C)(C#N)CCOc1cccc2ccccc12. The molecular weight excluding hydrogens is 236 g/mol. The Hall–Kier alpha value is -2.05. The molecule has 0 heterocycles. The van der Waals surface area contributed by atoms with Crippen LogP contribution < -0.4 is 10.1 Å². The molecule has 0 aliphatic heterocycles. The molecule has 2 aromatic rings. The average Bonchev–Trinajstić information content (AvgIpc) is 2.47. The van der Waals surface area contributed by atoms with Crippen molar-refractivity contribution in [1.82, 2.24) is 5.32 Å². The molecule has 1 unspecified atom stereocenters. The van der Waals surface area contributed by atoms with Gasteiger partial charge in [-0.2, -0.15) is 5.26 Å². The standard InChI is InChI=1S/C16H18N2O/c1-16(12-17,18-2)10-11-19-15-9-5-7-13-6-3-4-8-14(13)15/h3-9,18H,10-11H2,1-2H3. The fourth-order valence-corrected chi connectivity index (χ4v) is 1.92. The van der Waals surface area contributed by atoms with Crippen LogP contribution in [0.25, 0.3) is 10.8 Å². The highest BCUT2D eigenvalue weighted by molar-refractivity contribution is 5.88. The van der Waals surface area contributed by atoms with Crippen molar-refractivity contribution in [3.8, 4) is 11.8 Å². The molecule has 0 radical (unpaired) electrons. The maximum absolute atomic E-state index is 9.09. The van der Waals surface area contributed by atoms with Gasteiger partial charge in [-0.25, -0.2) is 0 Å². The number of rotatable bonds is 5. The Kier molecular flexibility index (Phi) is 4.03. The Labute approximate surface area is 113 Å². The number of nitrogens with zero attached hydrogens (tertiary/aromatic N) is 1. The summed E-state index contributed by atoms with van der Waals surface area (Å²) in [7, 11) is 1.79. The van der Waals surface area contributed by atoms with E-state index in [4.69, 9.17) is 10.00 Å². The van der Waals surface area contributed by atoms with E-state index >= 15 is 0 Å². The number of nitriles is 1. The summed E-state index contributed by atoms with van der Waals surface area (Å²) in [5.41, 5.74) is -0.537. The highest BCUT2D eigenvalue weighted by atomic mass is 16.5. The van der Waals surface area contributed by atoms with E-state index < -0.39 is 5.54 Å². The van der Waals surface area contributed by atoms with Crippen LogP contribution in [0.3, 0.4) is 0 Å². The highest BCUT2D eigenvalue weighted by Gasteiger charge is 2.20. The quantitative estimate of drug-likeness (QED) is 0.891. The van der Waals surface area contributed by atoms with Gasteiger partial charge in [-0.3, -0.25) is 0 Å². The Morgan fingerprint density at radius 2 is 1.95 bits per heavy atom. The van der Waals surface area contributed by atoms with Crippen LogP contribution in [0.1, 0.15) is 13.3 Å². The molecule has 0 aliphatic carbocycles. The van der Waals surface area contributed by atoms with Crippen molar-refractivity contribution < 1.29 is 4.74 Å². The zero-order valence-corrected chi connectivity index (χ0v) is 11.3. The first-order valence-electron chi connectivity index (χ1n) is 6.39. The van der Waals surface area contributed by atoms with Gasteiger partial charge in [0, 0.05) is 11.8 Å². The lowest BCUT2D eigenvalue weighted by Gasteiger charge is -2.20. The summed E-state index contributed by atoms with van der Waals surface area (Å²) in [4.78, 5) is 0. The normalized spacial score (nSPS) is 13.7. The predicted octanol–water partition coefficient (Wildman–Crippen LogP) is 3.11. The van der Waals surface area contributed by atoms with Crippen LogP contribution in [-0.2, 0) is 0 Å². The van der Waals surface area contributed by atoms with Gasteiger partial charge in [-0.15, -0.1) is 0 Å². The van der Waals surface area contributed by atoms with Gasteiger partial charge < -0.3 is 10.1 Å². The van der Waals surface area contributed by atoms with E-state index in [1.54, 1.807) is 7.05 Å². The van der Waals surface area contributed by atoms with Crippen molar-refractivity contribution >= 4 is 10.8 Å². The Bertz CT molecular complexity index is 598. The third-order valence-corrected chi connectivity index (χ3v) is 3.41. The topological polar surface area (TPSA) is 45.0 Å². The molecule has 3 nitrogen and oxygen atoms in total. The third kappa shape index (κ3) is 3.04. The monoisotopic (exact) mass is 254 g/mol. The first-order valence-corrected chi connectivity index (χ1v) is 6.39. The molecule has 0 amide bonds. The van der Waals surface area contributed by atoms with Crippen LogP contribution >= 0.6 is 0 Å². The van der Waals surface area contributed by atoms with E-state index in [1.807, 2.05) is 37.3 Å². The minimum absolute atomic E-state index is 0.513. The Morgan fingerprint density at radius 3 is 2.68 bits per heavy atom. The first-order chi connectivity index (χ1) is 9.18. The molecule has 0 saturated carbocycles. The predicted molar refractivity (Wildman–Crippen MR) is 77.1 cm³/mol. The van der Waals surface area contributed by atoms with E-state index in [0.717, 1.165) is 16.5 Å². The van der Waals surface area contributed by atoms with E-state index in [-0.39, 0.29) is 0 Å². The minimum Gasteiger partial charge on any atom is -0.493 e. The number of nitrogens with one attached hydrogen (secondary N) is 1. The maximum Gasteiger partial charge on any atom is 0.127 e. The molecule has 0 aliphatic rings. The van der Waals surface area contributed by atoms with Crippen LogP contribution in [0.4, 0.5) is 0 Å². The van der Waals surface area contributed by atoms with E-state index in [9.17, 15) is 0 Å². The van der Waals surface area contributed by atoms with Gasteiger partial charge in [0.15, 0.2) is 0 Å². The molecule has 0 saturated heterocycles. The molecule has 1 atom stereocenters. The van der Waals surface area contributed by atoms with Gasteiger partial charge in [0.25, 0.3) is 0 Å². The van der Waals surface area contributed by atoms with Crippen molar-refractivity contribution in [2.24, 2.45) is 0 Å². The van der Waals surface area contributed by atoms with Gasteiger partial charge in [0.2, 0.25) is 0 Å². The summed E-state index contributed by atoms with van der Waals surface area (Å²) < 4.78 is 5.83. The number of ether oxygens (including phenoxy) is 1. The van der Waals surface area contributed by atoms with Crippen LogP contribution in [-0.4, -0.2) is 19.2 Å². The number of fused-ring (bicyclic) bond motifs is 1. The number of benzene rings is 2. The Morgan fingerprint density at radius 1 is 1.21 bits per heavy atom. The van der Waals surface area contributed by atoms with Gasteiger partial charge in [0.05, 0.1) is 12.7 Å². The molecule has 3 heteroatoms. The highest BCUT2D eigenvalue weighted by Crippen LogP contribution is 2.25. The summed E-state index contributed by atoms with van der Waals surface area (Å²) in [6.45, 7) is 2.39. The molecule has 0 fully saturated rings. The van der Waals surface area contributed by atoms with Crippen molar-refractivity contribution in [1.29, 1.82) is 5.26 Å². The van der Waals surface area contributed by atoms with Crippen molar-refractivity contribution in [3.05, 3.63) is 42.5 Å². The summed E-state index contributed by atoms with van der Waals surface area (Å²) in [6.07, 6.45) is 0.642. The molecular formula is C16H18N2O. The lowest BCUT2D eigenvalue weighted by molar-refractivity contribution is 0.275. The van der Waals surface area contributed by atoms with Gasteiger partial charge in [-0.05, 0) is 25.4 Å². The smallest absolute Gasteiger partial charge is 0.127 e. The molecule has 0 aromatic heterocycles. The van der Waals surface area contributed by atoms with Gasteiger partial charge in [-0.1, -0.05) is 36.4 Å². The van der Waals surface area contributed by atoms with Crippen molar-refractivity contribution in [2.45, 2.75) is 18.9 Å². The molecule has 0 spiro atoms. The molecule has 2 rings (SSSR count). The molecule has 19 heavy (non-hydrogen) atoms. The van der Waals surface area contributed by atoms with E-state index in [0.29, 0.717) is 13.0 Å². The van der Waals surface area contributed by atoms with Crippen LogP contribution in [0.15, 0.2) is 42.5 Å². The zero-order chi connectivity index (χ0) is 13.7. The molecule has 0 bridgehead atoms. The van der Waals surface area contributed by atoms with Crippen molar-refractivity contribution in [2.75, 3.05) is 13.7 Å². The summed E-state index contributed by atoms with van der Waals surface area (Å²) in [5.74, 6) is 0.870. The van der Waals surface area contributed by atoms with Crippen LogP contribution in [0, 0.1) is 11.3 Å². The van der Waals surface area contributed by atoms with E-state index in [2.05, 4.69) is 23.5 Å². The third-order valence-electron chi connectivity index (χ3n) is 3.41. The molecule has 1 N–H and O–H groups in total. The summed E-state index contributed by atoms with van der Waals surface area (Å²) >= 11 is 0. The van der Waals surface area contributed by atoms with Crippen LogP contribution in [0.5, 0.6) is 5.75 Å². The summed E-state index contributed by atoms with van der Waals surface area (Å²) in [5, 5.41) is 14.4. The molecule has 98 valence electrons. The second-order valence-electron chi connectivity index (χ2n) is 4.77. The fraction of sp³-hybridized carbons (Fsp3) is 0.312. The lowest BCUT2D eigenvalue weighted by Crippen LogP contribution is -2.39. The summed E-state index contributed by atoms with van der Waals surface area (Å²) in [6, 6.07) is 16.4. The van der Waals surface area contributed by atoms with E-state index in [1.165, 1.54) is 0 Å². The fourth-order valence-electron chi connectivity index (χ4n) is 1.92. The average molecular weight is 254 g/mol. The Balaban J connectivity index is 2.09. The van der Waals surface area contributed by atoms with Crippen LogP contribution in [0.2, 0.25) is 0 Å². The number of hydrogen-bond acceptors (Lipinski definition) is 3. The van der Waals surface area contributed by atoms with Crippen molar-refractivity contribution in [3.63, 3.8) is 0 Å². The second-order valence-corrected chi connectivity index (χ2v) is 4.77. The lowest BCUT2D eigenvalue weighted by atomic mass is 10.0. The zero-order valence-electron chi connectivity index (χ0n) is 11.3. The molecule has 2 aromatic carbocycles. The van der Waals surface area contributed by atoms with Gasteiger partial charge >= 0.3 is 0 Å². The maximum atomic E-state index is 9.09. The largest absolute Gasteiger partial charge is 0.493 e. The first kappa shape index (κ1) is 13.4. The minimum atomic E-state index is -0.537.